The first-order chi connectivity index (χ1) is 10.2. The van der Waals surface area contributed by atoms with E-state index in [1.165, 1.54) is 18.2 Å². The summed E-state index contributed by atoms with van der Waals surface area (Å²) in [5.41, 5.74) is 2.17. The second-order valence-corrected chi connectivity index (χ2v) is 6.28. The lowest BCUT2D eigenvalue weighted by atomic mass is 10.0. The molecular weight excluding hydrogens is 288 g/mol. The van der Waals surface area contributed by atoms with Crippen LogP contribution in [0.25, 0.3) is 0 Å². The van der Waals surface area contributed by atoms with E-state index in [1.54, 1.807) is 30.0 Å². The molecule has 0 fully saturated rings. The molecule has 0 bridgehead atoms. The summed E-state index contributed by atoms with van der Waals surface area (Å²) >= 11 is 1.59. The molecular formula is C17H17F2NS. The summed E-state index contributed by atoms with van der Waals surface area (Å²) in [6.07, 6.45) is 1.85. The van der Waals surface area contributed by atoms with Crippen molar-refractivity contribution in [3.05, 3.63) is 65.2 Å². The van der Waals surface area contributed by atoms with E-state index in [0.29, 0.717) is 0 Å². The van der Waals surface area contributed by atoms with Gasteiger partial charge in [0.1, 0.15) is 11.6 Å². The van der Waals surface area contributed by atoms with Crippen LogP contribution in [0.5, 0.6) is 0 Å². The molecule has 1 nitrogen and oxygen atoms in total. The molecule has 21 heavy (non-hydrogen) atoms. The topological polar surface area (TPSA) is 12.0 Å². The van der Waals surface area contributed by atoms with E-state index in [0.717, 1.165) is 41.2 Å². The largest absolute Gasteiger partial charge is 0.310 e. The van der Waals surface area contributed by atoms with Gasteiger partial charge in [0.05, 0.1) is 0 Å². The molecule has 2 aromatic carbocycles. The van der Waals surface area contributed by atoms with E-state index < -0.39 is 0 Å². The predicted molar refractivity (Wildman–Crippen MR) is 82.6 cm³/mol. The molecule has 0 aliphatic carbocycles. The van der Waals surface area contributed by atoms with Crippen LogP contribution in [0, 0.1) is 11.6 Å². The van der Waals surface area contributed by atoms with Crippen LogP contribution in [0.2, 0.25) is 0 Å². The lowest BCUT2D eigenvalue weighted by molar-refractivity contribution is 0.500. The number of nitrogens with one attached hydrogen (secondary N) is 1. The Morgan fingerprint density at radius 2 is 1.90 bits per heavy atom. The van der Waals surface area contributed by atoms with Crippen LogP contribution in [0.1, 0.15) is 23.6 Å². The molecule has 0 spiro atoms. The maximum absolute atomic E-state index is 13.8. The van der Waals surface area contributed by atoms with Crippen molar-refractivity contribution in [2.24, 2.45) is 0 Å². The molecule has 2 aromatic rings. The molecule has 1 aliphatic rings. The number of fused-ring (bicyclic) bond motifs is 1. The van der Waals surface area contributed by atoms with Crippen molar-refractivity contribution in [1.82, 2.24) is 5.32 Å². The Bertz CT molecular complexity index is 613. The second kappa shape index (κ2) is 6.58. The fourth-order valence-electron chi connectivity index (χ4n) is 2.64. The van der Waals surface area contributed by atoms with Gasteiger partial charge in [-0.2, -0.15) is 0 Å². The zero-order chi connectivity index (χ0) is 14.7. The average molecular weight is 305 g/mol. The van der Waals surface area contributed by atoms with E-state index in [-0.39, 0.29) is 17.7 Å². The molecule has 110 valence electrons. The fraction of sp³-hybridized carbons (Fsp3) is 0.294. The number of hydrogen-bond acceptors (Lipinski definition) is 2. The van der Waals surface area contributed by atoms with Gasteiger partial charge in [-0.05, 0) is 54.5 Å². The van der Waals surface area contributed by atoms with Crippen molar-refractivity contribution in [2.75, 3.05) is 12.3 Å². The zero-order valence-electron chi connectivity index (χ0n) is 11.6. The SMILES string of the molecule is Fc1ccc(CCNC2CCSc3c(F)cccc32)cc1. The molecule has 1 unspecified atom stereocenters. The maximum Gasteiger partial charge on any atom is 0.137 e. The molecule has 0 saturated heterocycles. The first kappa shape index (κ1) is 14.5. The normalized spacial score (nSPS) is 17.5. The molecule has 1 aliphatic heterocycles. The molecule has 4 heteroatoms. The average Bonchev–Trinajstić information content (AvgIpc) is 2.50. The third-order valence-electron chi connectivity index (χ3n) is 3.74. The van der Waals surface area contributed by atoms with Gasteiger partial charge >= 0.3 is 0 Å². The minimum absolute atomic E-state index is 0.123. The quantitative estimate of drug-likeness (QED) is 0.902. The van der Waals surface area contributed by atoms with Crippen LogP contribution in [0.15, 0.2) is 47.4 Å². The Kier molecular flexibility index (Phi) is 4.56. The summed E-state index contributed by atoms with van der Waals surface area (Å²) in [5.74, 6) is 0.602. The number of rotatable bonds is 4. The smallest absolute Gasteiger partial charge is 0.137 e. The summed E-state index contributed by atoms with van der Waals surface area (Å²) in [4.78, 5) is 0.781. The van der Waals surface area contributed by atoms with Gasteiger partial charge < -0.3 is 5.32 Å². The van der Waals surface area contributed by atoms with Crippen molar-refractivity contribution in [3.63, 3.8) is 0 Å². The van der Waals surface area contributed by atoms with Crippen molar-refractivity contribution in [2.45, 2.75) is 23.8 Å². The Morgan fingerprint density at radius 1 is 1.10 bits per heavy atom. The Morgan fingerprint density at radius 3 is 2.71 bits per heavy atom. The third kappa shape index (κ3) is 3.44. The van der Waals surface area contributed by atoms with Gasteiger partial charge in [0, 0.05) is 10.9 Å². The molecule has 3 rings (SSSR count). The Labute approximate surface area is 127 Å². The lowest BCUT2D eigenvalue weighted by Gasteiger charge is -2.26. The van der Waals surface area contributed by atoms with Crippen LogP contribution in [0.4, 0.5) is 8.78 Å². The highest BCUT2D eigenvalue weighted by Crippen LogP contribution is 2.37. The highest BCUT2D eigenvalue weighted by molar-refractivity contribution is 7.99. The predicted octanol–water partition coefficient (Wildman–Crippen LogP) is 4.33. The van der Waals surface area contributed by atoms with Crippen LogP contribution in [-0.2, 0) is 6.42 Å². The Hall–Kier alpha value is -1.39. The van der Waals surface area contributed by atoms with Crippen LogP contribution < -0.4 is 5.32 Å². The van der Waals surface area contributed by atoms with Crippen molar-refractivity contribution in [3.8, 4) is 0 Å². The standard InChI is InChI=1S/C17H17F2NS/c18-13-6-4-12(5-7-13)8-10-20-16-9-11-21-17-14(16)2-1-3-15(17)19/h1-7,16,20H,8-11H2. The van der Waals surface area contributed by atoms with E-state index in [9.17, 15) is 8.78 Å². The van der Waals surface area contributed by atoms with Crippen molar-refractivity contribution < 1.29 is 8.78 Å². The number of benzene rings is 2. The van der Waals surface area contributed by atoms with Crippen LogP contribution in [-0.4, -0.2) is 12.3 Å². The number of thioether (sulfide) groups is 1. The molecule has 1 N–H and O–H groups in total. The van der Waals surface area contributed by atoms with Crippen LogP contribution in [0.3, 0.4) is 0 Å². The fourth-order valence-corrected chi connectivity index (χ4v) is 3.78. The van der Waals surface area contributed by atoms with Gasteiger partial charge in [0.25, 0.3) is 0 Å². The van der Waals surface area contributed by atoms with Gasteiger partial charge in [-0.15, -0.1) is 11.8 Å². The minimum Gasteiger partial charge on any atom is -0.310 e. The third-order valence-corrected chi connectivity index (χ3v) is 4.90. The summed E-state index contributed by atoms with van der Waals surface area (Å²) in [6, 6.07) is 12.1. The van der Waals surface area contributed by atoms with E-state index in [2.05, 4.69) is 5.32 Å². The second-order valence-electron chi connectivity index (χ2n) is 5.18. The molecule has 1 heterocycles. The van der Waals surface area contributed by atoms with E-state index >= 15 is 0 Å². The first-order valence-corrected chi connectivity index (χ1v) is 8.11. The zero-order valence-corrected chi connectivity index (χ0v) is 12.4. The minimum atomic E-state index is -0.208. The summed E-state index contributed by atoms with van der Waals surface area (Å²) in [5, 5.41) is 3.49. The summed E-state index contributed by atoms with van der Waals surface area (Å²) < 4.78 is 26.6. The highest BCUT2D eigenvalue weighted by Gasteiger charge is 2.22. The van der Waals surface area contributed by atoms with Gasteiger partial charge in [0.15, 0.2) is 0 Å². The molecule has 1 atom stereocenters. The van der Waals surface area contributed by atoms with Gasteiger partial charge in [0.2, 0.25) is 0 Å². The monoisotopic (exact) mass is 305 g/mol. The molecule has 0 aromatic heterocycles. The van der Waals surface area contributed by atoms with Crippen molar-refractivity contribution >= 4 is 11.8 Å². The molecule has 0 radical (unpaired) electrons. The lowest BCUT2D eigenvalue weighted by Crippen LogP contribution is -2.26. The Balaban J connectivity index is 1.62. The first-order valence-electron chi connectivity index (χ1n) is 7.13. The molecule has 0 saturated carbocycles. The van der Waals surface area contributed by atoms with Crippen LogP contribution >= 0.6 is 11.8 Å². The van der Waals surface area contributed by atoms with Gasteiger partial charge in [-0.3, -0.25) is 0 Å². The summed E-state index contributed by atoms with van der Waals surface area (Å²) in [6.45, 7) is 0.802. The van der Waals surface area contributed by atoms with E-state index in [1.807, 2.05) is 6.07 Å². The highest BCUT2D eigenvalue weighted by atomic mass is 32.2. The number of hydrogen-bond donors (Lipinski definition) is 1. The molecule has 0 amide bonds. The maximum atomic E-state index is 13.8. The van der Waals surface area contributed by atoms with Crippen molar-refractivity contribution in [1.29, 1.82) is 0 Å². The summed E-state index contributed by atoms with van der Waals surface area (Å²) in [7, 11) is 0. The van der Waals surface area contributed by atoms with Gasteiger partial charge in [-0.25, -0.2) is 8.78 Å². The van der Waals surface area contributed by atoms with Gasteiger partial charge in [-0.1, -0.05) is 24.3 Å². The van der Waals surface area contributed by atoms with E-state index in [4.69, 9.17) is 0 Å². The number of halogens is 2.